The third-order valence-corrected chi connectivity index (χ3v) is 10.2. The molecule has 64 heavy (non-hydrogen) atoms. The molecule has 0 aliphatic carbocycles. The summed E-state index contributed by atoms with van der Waals surface area (Å²) >= 11 is 0. The van der Waals surface area contributed by atoms with E-state index in [1.807, 2.05) is 62.4 Å². The molecule has 0 radical (unpaired) electrons. The normalized spacial score (nSPS) is 14.1. The van der Waals surface area contributed by atoms with E-state index < -0.39 is 24.1 Å². The Morgan fingerprint density at radius 2 is 1.00 bits per heavy atom. The maximum Gasteiger partial charge on any atom is 0.338 e. The van der Waals surface area contributed by atoms with Crippen LogP contribution in [0.1, 0.15) is 80.8 Å². The number of esters is 2. The van der Waals surface area contributed by atoms with Gasteiger partial charge in [-0.2, -0.15) is 10.5 Å². The SMILES string of the molecule is C[C@@H](N)Cc1cc(C#N)c2c(c1)CCN2CCCOC(=O)c1ccccc1.C[C@@H](N)Cc1cc(C#N)c2c(c1)CCN2CCCOC(=O)c1ccccc1.O=C(O)C(O)C(O)C(=O)O. The molecule has 2 heterocycles. The predicted octanol–water partition coefficient (Wildman–Crippen LogP) is 3.99. The number of aliphatic hydroxyl groups excluding tert-OH is 2. The first-order valence-electron chi connectivity index (χ1n) is 21.0. The van der Waals surface area contributed by atoms with Gasteiger partial charge in [0.15, 0.2) is 12.2 Å². The van der Waals surface area contributed by atoms with Gasteiger partial charge < -0.3 is 51.2 Å². The fourth-order valence-corrected chi connectivity index (χ4v) is 7.41. The van der Waals surface area contributed by atoms with Crippen molar-refractivity contribution in [2.45, 2.75) is 76.7 Å². The predicted molar refractivity (Wildman–Crippen MR) is 239 cm³/mol. The molecule has 0 bridgehead atoms. The largest absolute Gasteiger partial charge is 0.479 e. The Kier molecular flexibility index (Phi) is 19.2. The lowest BCUT2D eigenvalue weighted by Crippen LogP contribution is -2.39. The molecule has 4 aromatic rings. The molecule has 8 N–H and O–H groups in total. The second-order valence-electron chi connectivity index (χ2n) is 15.6. The van der Waals surface area contributed by atoms with Gasteiger partial charge in [0.25, 0.3) is 0 Å². The summed E-state index contributed by atoms with van der Waals surface area (Å²) in [5, 5.41) is 51.7. The Bertz CT molecular complexity index is 2130. The molecule has 0 amide bonds. The number of aliphatic hydroxyl groups is 2. The average Bonchev–Trinajstić information content (AvgIpc) is 3.89. The second kappa shape index (κ2) is 24.7. The standard InChI is InChI=1S/2C22H25N3O2.C4H6O6/c2*1-16(24)12-17-13-19-8-10-25(21(19)20(14-17)15-23)9-5-11-27-22(26)18-6-3-2-4-7-18;5-1(3(7)8)2(6)4(9)10/h2*2-4,6-7,13-14,16H,5,8-12,24H2,1H3;1-2,5-6H,(H,7,8)(H,9,10)/t2*16-;/m11./s1. The van der Waals surface area contributed by atoms with Crippen molar-refractivity contribution < 1.29 is 49.1 Å². The summed E-state index contributed by atoms with van der Waals surface area (Å²) in [6.45, 7) is 7.97. The lowest BCUT2D eigenvalue weighted by atomic mass is 9.99. The Labute approximate surface area is 372 Å². The topological polar surface area (TPSA) is 274 Å². The van der Waals surface area contributed by atoms with E-state index in [9.17, 15) is 29.7 Å². The van der Waals surface area contributed by atoms with E-state index in [1.165, 1.54) is 11.1 Å². The molecule has 338 valence electrons. The van der Waals surface area contributed by atoms with Crippen molar-refractivity contribution in [1.29, 1.82) is 10.5 Å². The molecular formula is C48H56N6O10. The fourth-order valence-electron chi connectivity index (χ4n) is 7.41. The van der Waals surface area contributed by atoms with Crippen molar-refractivity contribution in [2.75, 3.05) is 49.2 Å². The number of hydrogen-bond donors (Lipinski definition) is 6. The molecule has 0 saturated heterocycles. The van der Waals surface area contributed by atoms with Gasteiger partial charge in [0.05, 0.1) is 46.8 Å². The first-order valence-corrected chi connectivity index (χ1v) is 21.0. The molecular weight excluding hydrogens is 821 g/mol. The number of benzene rings is 4. The van der Waals surface area contributed by atoms with Crippen LogP contribution in [0.4, 0.5) is 11.4 Å². The highest BCUT2D eigenvalue weighted by molar-refractivity contribution is 5.89. The van der Waals surface area contributed by atoms with Crippen LogP contribution in [0.2, 0.25) is 0 Å². The van der Waals surface area contributed by atoms with E-state index in [-0.39, 0.29) is 24.0 Å². The summed E-state index contributed by atoms with van der Waals surface area (Å²) < 4.78 is 10.7. The minimum Gasteiger partial charge on any atom is -0.479 e. The minimum atomic E-state index is -2.27. The van der Waals surface area contributed by atoms with Gasteiger partial charge >= 0.3 is 23.9 Å². The highest BCUT2D eigenvalue weighted by Crippen LogP contribution is 2.34. The summed E-state index contributed by atoms with van der Waals surface area (Å²) in [6, 6.07) is 31.1. The van der Waals surface area contributed by atoms with Gasteiger partial charge in [-0.3, -0.25) is 0 Å². The molecule has 0 aromatic heterocycles. The van der Waals surface area contributed by atoms with Crippen molar-refractivity contribution in [3.63, 3.8) is 0 Å². The number of fused-ring (bicyclic) bond motifs is 2. The van der Waals surface area contributed by atoms with Gasteiger partial charge in [-0.15, -0.1) is 0 Å². The number of anilines is 2. The molecule has 2 aliphatic rings. The molecule has 4 aromatic carbocycles. The van der Waals surface area contributed by atoms with Gasteiger partial charge in [-0.1, -0.05) is 48.5 Å². The van der Waals surface area contributed by atoms with Crippen LogP contribution in [0, 0.1) is 22.7 Å². The lowest BCUT2D eigenvalue weighted by molar-refractivity contribution is -0.165. The van der Waals surface area contributed by atoms with Crippen LogP contribution < -0.4 is 21.3 Å². The number of aliphatic carboxylic acids is 2. The zero-order valence-electron chi connectivity index (χ0n) is 36.1. The highest BCUT2D eigenvalue weighted by Gasteiger charge is 2.29. The second-order valence-corrected chi connectivity index (χ2v) is 15.6. The first-order chi connectivity index (χ1) is 30.6. The molecule has 2 aliphatic heterocycles. The molecule has 6 rings (SSSR count). The Morgan fingerprint density at radius 1 is 0.641 bits per heavy atom. The number of carboxylic acid groups (broad SMARTS) is 2. The van der Waals surface area contributed by atoms with Crippen LogP contribution in [-0.4, -0.2) is 108 Å². The Hall–Kier alpha value is -6.82. The van der Waals surface area contributed by atoms with E-state index in [1.54, 1.807) is 24.3 Å². The molecule has 4 atom stereocenters. The lowest BCUT2D eigenvalue weighted by Gasteiger charge is -2.21. The van der Waals surface area contributed by atoms with E-state index in [0.29, 0.717) is 35.5 Å². The van der Waals surface area contributed by atoms with Gasteiger partial charge in [0.1, 0.15) is 12.1 Å². The van der Waals surface area contributed by atoms with E-state index in [2.05, 4.69) is 34.1 Å². The van der Waals surface area contributed by atoms with Gasteiger partial charge in [0, 0.05) is 38.3 Å². The van der Waals surface area contributed by atoms with Crippen molar-refractivity contribution in [3.8, 4) is 12.1 Å². The summed E-state index contributed by atoms with van der Waals surface area (Å²) in [6.07, 6.45) is 0.334. The van der Waals surface area contributed by atoms with E-state index >= 15 is 0 Å². The van der Waals surface area contributed by atoms with E-state index in [0.717, 1.165) is 87.2 Å². The van der Waals surface area contributed by atoms with Crippen molar-refractivity contribution >= 4 is 35.3 Å². The number of carbonyl (C=O) groups excluding carboxylic acids is 2. The number of rotatable bonds is 17. The maximum absolute atomic E-state index is 12.0. The van der Waals surface area contributed by atoms with Crippen molar-refractivity contribution in [3.05, 3.63) is 129 Å². The van der Waals surface area contributed by atoms with E-state index in [4.69, 9.17) is 41.4 Å². The van der Waals surface area contributed by atoms with Crippen molar-refractivity contribution in [2.24, 2.45) is 11.5 Å². The number of hydrogen-bond acceptors (Lipinski definition) is 14. The van der Waals surface area contributed by atoms with Gasteiger partial charge in [-0.25, -0.2) is 19.2 Å². The number of nitrogens with two attached hydrogens (primary N) is 2. The monoisotopic (exact) mass is 876 g/mol. The smallest absolute Gasteiger partial charge is 0.338 e. The summed E-state index contributed by atoms with van der Waals surface area (Å²) in [5.41, 5.74) is 21.1. The minimum absolute atomic E-state index is 0.0754. The fraction of sp³-hybridized carbons (Fsp3) is 0.375. The van der Waals surface area contributed by atoms with Crippen LogP contribution >= 0.6 is 0 Å². The van der Waals surface area contributed by atoms with Crippen LogP contribution in [0.5, 0.6) is 0 Å². The number of carbonyl (C=O) groups is 4. The molecule has 0 spiro atoms. The third-order valence-electron chi connectivity index (χ3n) is 10.2. The summed E-state index contributed by atoms with van der Waals surface area (Å²) in [7, 11) is 0. The van der Waals surface area contributed by atoms with Crippen molar-refractivity contribution in [1.82, 2.24) is 0 Å². The number of ether oxygens (including phenoxy) is 2. The Balaban J connectivity index is 0.000000232. The average molecular weight is 877 g/mol. The number of nitrogens with zero attached hydrogens (tertiary/aromatic N) is 4. The quantitative estimate of drug-likeness (QED) is 0.0646. The molecule has 2 unspecified atom stereocenters. The third kappa shape index (κ3) is 14.6. The summed E-state index contributed by atoms with van der Waals surface area (Å²) in [4.78, 5) is 47.9. The van der Waals surface area contributed by atoms with Gasteiger partial charge in [0.2, 0.25) is 0 Å². The van der Waals surface area contributed by atoms with Crippen LogP contribution in [-0.2, 0) is 44.7 Å². The molecule has 0 fully saturated rings. The molecule has 16 heteroatoms. The van der Waals surface area contributed by atoms with Gasteiger partial charge in [-0.05, 0) is 111 Å². The molecule has 0 saturated carbocycles. The first kappa shape index (κ1) is 49.8. The zero-order chi connectivity index (χ0) is 46.8. The van der Waals surface area contributed by atoms with Crippen LogP contribution in [0.15, 0.2) is 84.9 Å². The van der Waals surface area contributed by atoms with Crippen LogP contribution in [0.3, 0.4) is 0 Å². The zero-order valence-corrected chi connectivity index (χ0v) is 36.1. The highest BCUT2D eigenvalue weighted by atomic mass is 16.5. The van der Waals surface area contributed by atoms with Crippen LogP contribution in [0.25, 0.3) is 0 Å². The Morgan fingerprint density at radius 3 is 1.31 bits per heavy atom. The number of nitriles is 2. The molecule has 16 nitrogen and oxygen atoms in total. The number of carboxylic acids is 2. The maximum atomic E-state index is 12.0. The summed E-state index contributed by atoms with van der Waals surface area (Å²) in [5.74, 6) is -4.13.